The molecule has 0 unspecified atom stereocenters. The lowest BCUT2D eigenvalue weighted by atomic mass is 9.55. The molecule has 166 valence electrons. The summed E-state index contributed by atoms with van der Waals surface area (Å²) >= 11 is 3.79. The molecule has 4 nitrogen and oxygen atoms in total. The van der Waals surface area contributed by atoms with Crippen LogP contribution < -0.4 is 0 Å². The van der Waals surface area contributed by atoms with Crippen LogP contribution in [0.1, 0.15) is 44.4 Å². The summed E-state index contributed by atoms with van der Waals surface area (Å²) < 4.78 is 15.6. The molecule has 3 atom stereocenters. The van der Waals surface area contributed by atoms with Crippen molar-refractivity contribution in [1.29, 1.82) is 0 Å². The van der Waals surface area contributed by atoms with Gasteiger partial charge in [0.05, 0.1) is 24.6 Å². The second kappa shape index (κ2) is 7.54. The highest BCUT2D eigenvalue weighted by molar-refractivity contribution is 9.10. The van der Waals surface area contributed by atoms with Gasteiger partial charge in [-0.3, -0.25) is 0 Å². The number of hydrogen-bond acceptors (Lipinski definition) is 3. The summed E-state index contributed by atoms with van der Waals surface area (Å²) in [7, 11) is 0. The number of ether oxygens (including phenoxy) is 2. The minimum absolute atomic E-state index is 0.0463. The fourth-order valence-corrected chi connectivity index (χ4v) is 7.13. The van der Waals surface area contributed by atoms with Crippen LogP contribution in [0, 0.1) is 11.8 Å². The minimum Gasteiger partial charge on any atom is -0.347 e. The Bertz CT molecular complexity index is 1130. The zero-order valence-electron chi connectivity index (χ0n) is 18.7. The molecular formula is C27H29BrN2O2. The highest BCUT2D eigenvalue weighted by Gasteiger charge is 2.58. The van der Waals surface area contributed by atoms with E-state index in [1.165, 1.54) is 22.4 Å². The van der Waals surface area contributed by atoms with Crippen LogP contribution in [0.5, 0.6) is 0 Å². The van der Waals surface area contributed by atoms with Crippen molar-refractivity contribution in [3.8, 4) is 16.8 Å². The van der Waals surface area contributed by atoms with E-state index in [4.69, 9.17) is 14.6 Å². The third-order valence-electron chi connectivity index (χ3n) is 8.28. The van der Waals surface area contributed by atoms with Gasteiger partial charge in [-0.15, -0.1) is 0 Å². The van der Waals surface area contributed by atoms with Crippen molar-refractivity contribution in [2.45, 2.75) is 50.7 Å². The highest BCUT2D eigenvalue weighted by Crippen LogP contribution is 2.57. The van der Waals surface area contributed by atoms with Gasteiger partial charge in [-0.1, -0.05) is 56.3 Å². The SMILES string of the molecule is C[C@@H]1[C@H]2CCc3c(Br)nn(-c4ccc(-c5ccccc5)cc4)c3[C@]2(C)CCC12OCCO2. The molecule has 0 radical (unpaired) electrons. The Morgan fingerprint density at radius 1 is 0.969 bits per heavy atom. The molecule has 0 N–H and O–H groups in total. The van der Waals surface area contributed by atoms with Gasteiger partial charge in [0.25, 0.3) is 0 Å². The maximum Gasteiger partial charge on any atom is 0.171 e. The van der Waals surface area contributed by atoms with E-state index in [2.05, 4.69) is 89.1 Å². The van der Waals surface area contributed by atoms with E-state index in [1.807, 2.05) is 0 Å². The average molecular weight is 493 g/mol. The first kappa shape index (κ1) is 20.6. The Kier molecular flexibility index (Phi) is 4.87. The lowest BCUT2D eigenvalue weighted by Crippen LogP contribution is -2.55. The molecule has 1 spiro atoms. The molecule has 1 saturated heterocycles. The first-order chi connectivity index (χ1) is 15.5. The van der Waals surface area contributed by atoms with Crippen LogP contribution in [-0.2, 0) is 21.3 Å². The average Bonchev–Trinajstić information content (AvgIpc) is 3.44. The van der Waals surface area contributed by atoms with Crippen LogP contribution in [-0.4, -0.2) is 28.8 Å². The van der Waals surface area contributed by atoms with Crippen molar-refractivity contribution in [3.63, 3.8) is 0 Å². The molecule has 2 aliphatic carbocycles. The Hall–Kier alpha value is -1.95. The van der Waals surface area contributed by atoms with Crippen LogP contribution >= 0.6 is 15.9 Å². The minimum atomic E-state index is -0.388. The van der Waals surface area contributed by atoms with Crippen molar-refractivity contribution >= 4 is 15.9 Å². The van der Waals surface area contributed by atoms with Gasteiger partial charge in [0.1, 0.15) is 4.60 Å². The highest BCUT2D eigenvalue weighted by atomic mass is 79.9. The quantitative estimate of drug-likeness (QED) is 0.421. The third kappa shape index (κ3) is 2.98. The van der Waals surface area contributed by atoms with Crippen LogP contribution in [0.4, 0.5) is 0 Å². The summed E-state index contributed by atoms with van der Waals surface area (Å²) in [6, 6.07) is 19.3. The summed E-state index contributed by atoms with van der Waals surface area (Å²) in [5, 5.41) is 4.99. The zero-order valence-corrected chi connectivity index (χ0v) is 20.3. The monoisotopic (exact) mass is 492 g/mol. The molecule has 3 aliphatic rings. The predicted octanol–water partition coefficient (Wildman–Crippen LogP) is 6.29. The van der Waals surface area contributed by atoms with E-state index in [-0.39, 0.29) is 11.2 Å². The molecule has 5 heteroatoms. The first-order valence-electron chi connectivity index (χ1n) is 11.7. The maximum absolute atomic E-state index is 6.20. The van der Waals surface area contributed by atoms with Crippen molar-refractivity contribution in [2.75, 3.05) is 13.2 Å². The normalized spacial score (nSPS) is 28.5. The summed E-state index contributed by atoms with van der Waals surface area (Å²) in [5.41, 5.74) is 6.36. The molecule has 1 aliphatic heterocycles. The molecule has 2 heterocycles. The van der Waals surface area contributed by atoms with Crippen molar-refractivity contribution in [3.05, 3.63) is 70.5 Å². The molecule has 2 fully saturated rings. The van der Waals surface area contributed by atoms with Crippen LogP contribution in [0.25, 0.3) is 16.8 Å². The fraction of sp³-hybridized carbons (Fsp3) is 0.444. The lowest BCUT2D eigenvalue weighted by molar-refractivity contribution is -0.234. The van der Waals surface area contributed by atoms with E-state index in [1.54, 1.807) is 0 Å². The van der Waals surface area contributed by atoms with Gasteiger partial charge in [0, 0.05) is 23.3 Å². The number of aromatic nitrogens is 2. The van der Waals surface area contributed by atoms with Crippen molar-refractivity contribution in [2.24, 2.45) is 11.8 Å². The Labute approximate surface area is 198 Å². The van der Waals surface area contributed by atoms with Gasteiger partial charge < -0.3 is 9.47 Å². The van der Waals surface area contributed by atoms with Gasteiger partial charge in [0.15, 0.2) is 5.79 Å². The Morgan fingerprint density at radius 3 is 2.38 bits per heavy atom. The van der Waals surface area contributed by atoms with Crippen LogP contribution in [0.15, 0.2) is 59.2 Å². The number of benzene rings is 2. The molecule has 1 saturated carbocycles. The molecule has 2 aromatic carbocycles. The van der Waals surface area contributed by atoms with Gasteiger partial charge in [-0.2, -0.15) is 5.10 Å². The maximum atomic E-state index is 6.20. The topological polar surface area (TPSA) is 36.3 Å². The Morgan fingerprint density at radius 2 is 1.66 bits per heavy atom. The third-order valence-corrected chi connectivity index (χ3v) is 8.92. The van der Waals surface area contributed by atoms with Gasteiger partial charge >= 0.3 is 0 Å². The van der Waals surface area contributed by atoms with Crippen molar-refractivity contribution < 1.29 is 9.47 Å². The zero-order chi connectivity index (χ0) is 21.9. The predicted molar refractivity (Wildman–Crippen MR) is 129 cm³/mol. The number of hydrogen-bond donors (Lipinski definition) is 0. The molecule has 0 bridgehead atoms. The summed E-state index contributed by atoms with van der Waals surface area (Å²) in [6.45, 7) is 6.21. The van der Waals surface area contributed by atoms with E-state index >= 15 is 0 Å². The molecule has 32 heavy (non-hydrogen) atoms. The van der Waals surface area contributed by atoms with E-state index in [9.17, 15) is 0 Å². The van der Waals surface area contributed by atoms with E-state index < -0.39 is 0 Å². The summed E-state index contributed by atoms with van der Waals surface area (Å²) in [5.74, 6) is 0.480. The lowest BCUT2D eigenvalue weighted by Gasteiger charge is -2.54. The molecule has 6 rings (SSSR count). The van der Waals surface area contributed by atoms with Crippen LogP contribution in [0.3, 0.4) is 0 Å². The van der Waals surface area contributed by atoms with E-state index in [0.717, 1.165) is 49.2 Å². The first-order valence-corrected chi connectivity index (χ1v) is 12.5. The molecular weight excluding hydrogens is 464 g/mol. The smallest absolute Gasteiger partial charge is 0.171 e. The van der Waals surface area contributed by atoms with E-state index in [0.29, 0.717) is 11.8 Å². The second-order valence-corrected chi connectivity index (χ2v) is 10.6. The fourth-order valence-electron chi connectivity index (χ4n) is 6.59. The van der Waals surface area contributed by atoms with Gasteiger partial charge in [-0.25, -0.2) is 4.68 Å². The number of nitrogens with zero attached hydrogens (tertiary/aromatic N) is 2. The van der Waals surface area contributed by atoms with Gasteiger partial charge in [-0.05, 0) is 64.4 Å². The van der Waals surface area contributed by atoms with Crippen molar-refractivity contribution in [1.82, 2.24) is 9.78 Å². The summed E-state index contributed by atoms with van der Waals surface area (Å²) in [6.07, 6.45) is 4.18. The second-order valence-electron chi connectivity index (χ2n) is 9.80. The number of halogens is 1. The number of fused-ring (bicyclic) bond motifs is 3. The largest absolute Gasteiger partial charge is 0.347 e. The van der Waals surface area contributed by atoms with Crippen LogP contribution in [0.2, 0.25) is 0 Å². The number of rotatable bonds is 2. The standard InChI is InChI=1S/C27H29BrN2O2/c1-18-23-13-12-22-24(26(23,2)14-15-27(18)31-16-17-32-27)30(29-25(22)28)21-10-8-20(9-11-21)19-6-4-3-5-7-19/h3-11,18,23H,12-17H2,1-2H3/t18-,23-,26-/m1/s1. The Balaban J connectivity index is 1.41. The summed E-state index contributed by atoms with van der Waals surface area (Å²) in [4.78, 5) is 0. The molecule has 1 aromatic heterocycles. The van der Waals surface area contributed by atoms with Gasteiger partial charge in [0.2, 0.25) is 0 Å². The molecule has 3 aromatic rings. The molecule has 0 amide bonds.